The molecule has 2 aromatic heterocycles. The van der Waals surface area contributed by atoms with Crippen LogP contribution in [0.15, 0.2) is 35.5 Å². The second-order valence-corrected chi connectivity index (χ2v) is 3.43. The zero-order valence-electron chi connectivity index (χ0n) is 7.66. The SMILES string of the molecule is C=C1CC=Cc2c1oc1cnccc21. The zero-order valence-corrected chi connectivity index (χ0v) is 7.66. The van der Waals surface area contributed by atoms with Crippen LogP contribution in [0, 0.1) is 0 Å². The third kappa shape index (κ3) is 0.880. The number of furan rings is 1. The fourth-order valence-corrected chi connectivity index (χ4v) is 1.81. The highest BCUT2D eigenvalue weighted by Gasteiger charge is 2.16. The van der Waals surface area contributed by atoms with Gasteiger partial charge in [-0.05, 0) is 18.1 Å². The van der Waals surface area contributed by atoms with Crippen LogP contribution in [-0.4, -0.2) is 4.98 Å². The largest absolute Gasteiger partial charge is 0.454 e. The molecule has 0 saturated carbocycles. The number of hydrogen-bond acceptors (Lipinski definition) is 2. The van der Waals surface area contributed by atoms with Crippen LogP contribution >= 0.6 is 0 Å². The quantitative estimate of drug-likeness (QED) is 0.626. The summed E-state index contributed by atoms with van der Waals surface area (Å²) in [6, 6.07) is 1.97. The molecule has 2 heterocycles. The van der Waals surface area contributed by atoms with Crippen molar-refractivity contribution in [1.82, 2.24) is 4.98 Å². The van der Waals surface area contributed by atoms with Crippen LogP contribution in [0.2, 0.25) is 0 Å². The maximum Gasteiger partial charge on any atom is 0.153 e. The monoisotopic (exact) mass is 183 g/mol. The third-order valence-electron chi connectivity index (χ3n) is 2.50. The van der Waals surface area contributed by atoms with Crippen LogP contribution in [0.5, 0.6) is 0 Å². The van der Waals surface area contributed by atoms with Crippen LogP contribution in [-0.2, 0) is 0 Å². The number of pyridine rings is 1. The van der Waals surface area contributed by atoms with E-state index in [9.17, 15) is 0 Å². The van der Waals surface area contributed by atoms with Gasteiger partial charge in [0.25, 0.3) is 0 Å². The molecule has 0 unspecified atom stereocenters. The molecule has 0 aromatic carbocycles. The molecule has 0 bridgehead atoms. The summed E-state index contributed by atoms with van der Waals surface area (Å²) in [5.74, 6) is 0.913. The van der Waals surface area contributed by atoms with Crippen molar-refractivity contribution in [1.29, 1.82) is 0 Å². The lowest BCUT2D eigenvalue weighted by Crippen LogP contribution is -1.86. The van der Waals surface area contributed by atoms with Gasteiger partial charge < -0.3 is 4.42 Å². The highest BCUT2D eigenvalue weighted by molar-refractivity contribution is 5.93. The smallest absolute Gasteiger partial charge is 0.153 e. The first-order valence-electron chi connectivity index (χ1n) is 4.57. The van der Waals surface area contributed by atoms with Crippen molar-refractivity contribution in [2.75, 3.05) is 0 Å². The van der Waals surface area contributed by atoms with Gasteiger partial charge in [0, 0.05) is 17.1 Å². The molecule has 0 amide bonds. The van der Waals surface area contributed by atoms with Crippen LogP contribution in [0.25, 0.3) is 22.6 Å². The van der Waals surface area contributed by atoms with Crippen LogP contribution < -0.4 is 0 Å². The van der Waals surface area contributed by atoms with Crippen LogP contribution in [0.4, 0.5) is 0 Å². The van der Waals surface area contributed by atoms with Gasteiger partial charge in [-0.15, -0.1) is 0 Å². The molecule has 0 atom stereocenters. The highest BCUT2D eigenvalue weighted by atomic mass is 16.3. The summed E-state index contributed by atoms with van der Waals surface area (Å²) in [6.07, 6.45) is 8.61. The molecule has 2 nitrogen and oxygen atoms in total. The fourth-order valence-electron chi connectivity index (χ4n) is 1.81. The summed E-state index contributed by atoms with van der Waals surface area (Å²) in [5.41, 5.74) is 3.02. The van der Waals surface area contributed by atoms with Gasteiger partial charge in [0.05, 0.1) is 6.20 Å². The molecule has 0 spiro atoms. The average Bonchev–Trinajstić information content (AvgIpc) is 2.59. The van der Waals surface area contributed by atoms with Gasteiger partial charge in [-0.25, -0.2) is 0 Å². The molecule has 0 N–H and O–H groups in total. The Bertz CT molecular complexity index is 548. The van der Waals surface area contributed by atoms with Crippen molar-refractivity contribution >= 4 is 22.6 Å². The van der Waals surface area contributed by atoms with Crippen molar-refractivity contribution in [3.05, 3.63) is 42.4 Å². The molecule has 1 aliphatic carbocycles. The molecular weight excluding hydrogens is 174 g/mol. The molecular formula is C12H9NO. The van der Waals surface area contributed by atoms with Crippen molar-refractivity contribution < 1.29 is 4.42 Å². The van der Waals surface area contributed by atoms with E-state index in [1.807, 2.05) is 6.07 Å². The number of fused-ring (bicyclic) bond motifs is 3. The van der Waals surface area contributed by atoms with Crippen molar-refractivity contribution in [3.8, 4) is 0 Å². The van der Waals surface area contributed by atoms with Gasteiger partial charge in [-0.2, -0.15) is 0 Å². The van der Waals surface area contributed by atoms with Gasteiger partial charge >= 0.3 is 0 Å². The van der Waals surface area contributed by atoms with Crippen LogP contribution in [0.3, 0.4) is 0 Å². The number of nitrogens with zero attached hydrogens (tertiary/aromatic N) is 1. The minimum atomic E-state index is 0.838. The normalized spacial score (nSPS) is 14.7. The minimum Gasteiger partial charge on any atom is -0.454 e. The van der Waals surface area contributed by atoms with E-state index in [0.717, 1.165) is 34.3 Å². The molecule has 2 heteroatoms. The second-order valence-electron chi connectivity index (χ2n) is 3.43. The van der Waals surface area contributed by atoms with Gasteiger partial charge in [0.15, 0.2) is 5.58 Å². The standard InChI is InChI=1S/C12H9NO/c1-8-3-2-4-10-9-5-6-13-7-11(9)14-12(8)10/h2,4-7H,1,3H2. The first-order chi connectivity index (χ1) is 6.86. The molecule has 0 fully saturated rings. The topological polar surface area (TPSA) is 26.0 Å². The van der Waals surface area contributed by atoms with E-state index in [0.29, 0.717) is 0 Å². The number of aromatic nitrogens is 1. The Kier molecular flexibility index (Phi) is 1.39. The van der Waals surface area contributed by atoms with E-state index < -0.39 is 0 Å². The summed E-state index contributed by atoms with van der Waals surface area (Å²) in [4.78, 5) is 4.03. The van der Waals surface area contributed by atoms with Crippen LogP contribution in [0.1, 0.15) is 17.7 Å². The predicted octanol–water partition coefficient (Wildman–Crippen LogP) is 3.26. The first kappa shape index (κ1) is 7.56. The van der Waals surface area contributed by atoms with E-state index in [-0.39, 0.29) is 0 Å². The van der Waals surface area contributed by atoms with E-state index in [1.54, 1.807) is 12.4 Å². The second kappa shape index (κ2) is 2.58. The Balaban J connectivity index is 2.45. The summed E-state index contributed by atoms with van der Waals surface area (Å²) >= 11 is 0. The molecule has 0 aliphatic heterocycles. The number of rotatable bonds is 0. The van der Waals surface area contributed by atoms with E-state index >= 15 is 0 Å². The van der Waals surface area contributed by atoms with E-state index in [2.05, 4.69) is 23.7 Å². The first-order valence-corrected chi connectivity index (χ1v) is 4.57. The fraction of sp³-hybridized carbons (Fsp3) is 0.0833. The van der Waals surface area contributed by atoms with Gasteiger partial charge in [-0.1, -0.05) is 18.7 Å². The number of allylic oxidation sites excluding steroid dienone is 2. The highest BCUT2D eigenvalue weighted by Crippen LogP contribution is 2.35. The Hall–Kier alpha value is -1.83. The Morgan fingerprint density at radius 1 is 1.43 bits per heavy atom. The molecule has 1 aliphatic rings. The molecule has 14 heavy (non-hydrogen) atoms. The van der Waals surface area contributed by atoms with Crippen molar-refractivity contribution in [2.24, 2.45) is 0 Å². The lowest BCUT2D eigenvalue weighted by Gasteiger charge is -2.05. The zero-order chi connectivity index (χ0) is 9.54. The van der Waals surface area contributed by atoms with E-state index in [1.165, 1.54) is 0 Å². The Morgan fingerprint density at radius 2 is 2.36 bits per heavy atom. The Morgan fingerprint density at radius 3 is 3.29 bits per heavy atom. The summed E-state index contributed by atoms with van der Waals surface area (Å²) in [6.45, 7) is 3.99. The average molecular weight is 183 g/mol. The van der Waals surface area contributed by atoms with E-state index in [4.69, 9.17) is 4.42 Å². The predicted molar refractivity (Wildman–Crippen MR) is 56.7 cm³/mol. The summed E-state index contributed by atoms with van der Waals surface area (Å²) in [5, 5.41) is 1.12. The third-order valence-corrected chi connectivity index (χ3v) is 2.50. The van der Waals surface area contributed by atoms with Gasteiger partial charge in [0.2, 0.25) is 0 Å². The summed E-state index contributed by atoms with van der Waals surface area (Å²) in [7, 11) is 0. The maximum absolute atomic E-state index is 5.69. The lowest BCUT2D eigenvalue weighted by molar-refractivity contribution is 0.595. The molecule has 3 rings (SSSR count). The van der Waals surface area contributed by atoms with Gasteiger partial charge in [0.1, 0.15) is 5.76 Å². The molecule has 0 radical (unpaired) electrons. The molecule has 68 valence electrons. The molecule has 0 saturated heterocycles. The Labute approximate surface area is 81.6 Å². The lowest BCUT2D eigenvalue weighted by atomic mass is 9.99. The molecule has 2 aromatic rings. The van der Waals surface area contributed by atoms with Crippen molar-refractivity contribution in [3.63, 3.8) is 0 Å². The van der Waals surface area contributed by atoms with Gasteiger partial charge in [-0.3, -0.25) is 4.98 Å². The maximum atomic E-state index is 5.69. The van der Waals surface area contributed by atoms with Crippen molar-refractivity contribution in [2.45, 2.75) is 6.42 Å². The minimum absolute atomic E-state index is 0.838. The number of hydrogen-bond donors (Lipinski definition) is 0. The summed E-state index contributed by atoms with van der Waals surface area (Å²) < 4.78 is 5.69.